The fourth-order valence-electron chi connectivity index (χ4n) is 3.64. The lowest BCUT2D eigenvalue weighted by Crippen LogP contribution is -2.51. The summed E-state index contributed by atoms with van der Waals surface area (Å²) in [5, 5.41) is 3.51. The predicted molar refractivity (Wildman–Crippen MR) is 91.7 cm³/mol. The Labute approximate surface area is 145 Å². The molecule has 122 valence electrons. The zero-order valence-corrected chi connectivity index (χ0v) is 13.8. The molecule has 1 atom stereocenters. The minimum absolute atomic E-state index is 0.151. The molecule has 2 aromatic rings. The van der Waals surface area contributed by atoms with E-state index >= 15 is 0 Å². The Morgan fingerprint density at radius 1 is 1.04 bits per heavy atom. The van der Waals surface area contributed by atoms with Gasteiger partial charge in [-0.1, -0.05) is 54.1 Å². The fraction of sp³-hybridized carbons (Fsp3) is 0.263. The van der Waals surface area contributed by atoms with Gasteiger partial charge in [-0.05, 0) is 35.6 Å². The first-order valence-electron chi connectivity index (χ1n) is 8.03. The van der Waals surface area contributed by atoms with Crippen molar-refractivity contribution in [1.29, 1.82) is 0 Å². The van der Waals surface area contributed by atoms with E-state index in [-0.39, 0.29) is 18.5 Å². The second kappa shape index (κ2) is 5.64. The van der Waals surface area contributed by atoms with Gasteiger partial charge < -0.3 is 5.32 Å². The molecule has 3 amide bonds. The van der Waals surface area contributed by atoms with Crippen molar-refractivity contribution in [2.75, 3.05) is 0 Å². The van der Waals surface area contributed by atoms with Crippen molar-refractivity contribution in [2.45, 2.75) is 31.3 Å². The Bertz CT molecular complexity index is 836. The third kappa shape index (κ3) is 2.38. The third-order valence-electron chi connectivity index (χ3n) is 4.96. The number of carbonyl (C=O) groups is 2. The Hall–Kier alpha value is -2.33. The van der Waals surface area contributed by atoms with Crippen LogP contribution in [0.15, 0.2) is 48.5 Å². The molecule has 24 heavy (non-hydrogen) atoms. The van der Waals surface area contributed by atoms with Crippen molar-refractivity contribution in [3.8, 4) is 0 Å². The molecule has 1 heterocycles. The number of carbonyl (C=O) groups excluding carboxylic acids is 2. The molecule has 4 rings (SSSR count). The van der Waals surface area contributed by atoms with E-state index in [4.69, 9.17) is 11.6 Å². The highest BCUT2D eigenvalue weighted by Gasteiger charge is 2.52. The van der Waals surface area contributed by atoms with E-state index < -0.39 is 5.54 Å². The summed E-state index contributed by atoms with van der Waals surface area (Å²) in [5.74, 6) is -0.151. The summed E-state index contributed by atoms with van der Waals surface area (Å²) in [7, 11) is 0. The van der Waals surface area contributed by atoms with E-state index in [2.05, 4.69) is 11.4 Å². The minimum Gasteiger partial charge on any atom is -0.323 e. The minimum atomic E-state index is -0.813. The lowest BCUT2D eigenvalue weighted by atomic mass is 9.78. The number of fused-ring (bicyclic) bond motifs is 1. The Balaban J connectivity index is 1.62. The van der Waals surface area contributed by atoms with Crippen molar-refractivity contribution in [3.63, 3.8) is 0 Å². The van der Waals surface area contributed by atoms with Gasteiger partial charge in [0.15, 0.2) is 0 Å². The van der Waals surface area contributed by atoms with Crippen LogP contribution in [-0.4, -0.2) is 22.4 Å². The van der Waals surface area contributed by atoms with Crippen molar-refractivity contribution in [2.24, 2.45) is 0 Å². The first-order valence-corrected chi connectivity index (χ1v) is 8.41. The topological polar surface area (TPSA) is 49.4 Å². The molecule has 2 aromatic carbocycles. The summed E-state index contributed by atoms with van der Waals surface area (Å²) in [6.45, 7) is 0.202. The molecule has 1 aliphatic heterocycles. The number of amides is 3. The molecule has 0 radical (unpaired) electrons. The van der Waals surface area contributed by atoms with Crippen LogP contribution in [0.1, 0.15) is 23.1 Å². The SMILES string of the molecule is O=C1NC2(CCc3ccccc3C2)C(=O)N1Cc1ccccc1Cl. The fourth-order valence-corrected chi connectivity index (χ4v) is 3.84. The Morgan fingerprint density at radius 3 is 2.54 bits per heavy atom. The van der Waals surface area contributed by atoms with E-state index in [1.54, 1.807) is 6.07 Å². The summed E-state index contributed by atoms with van der Waals surface area (Å²) in [4.78, 5) is 26.7. The van der Waals surface area contributed by atoms with Gasteiger partial charge in [-0.3, -0.25) is 9.69 Å². The highest BCUT2D eigenvalue weighted by atomic mass is 35.5. The van der Waals surface area contributed by atoms with Crippen LogP contribution in [0.2, 0.25) is 5.02 Å². The average Bonchev–Trinajstić information content (AvgIpc) is 2.81. The van der Waals surface area contributed by atoms with Gasteiger partial charge in [0.2, 0.25) is 0 Å². The molecule has 0 saturated carbocycles. The number of halogens is 1. The van der Waals surface area contributed by atoms with Crippen molar-refractivity contribution in [3.05, 3.63) is 70.2 Å². The van der Waals surface area contributed by atoms with Crippen LogP contribution in [0.25, 0.3) is 0 Å². The second-order valence-corrected chi connectivity index (χ2v) is 6.85. The summed E-state index contributed by atoms with van der Waals surface area (Å²) < 4.78 is 0. The number of rotatable bonds is 2. The molecule has 0 bridgehead atoms. The number of nitrogens with one attached hydrogen (secondary N) is 1. The molecule has 1 N–H and O–H groups in total. The van der Waals surface area contributed by atoms with Crippen molar-refractivity contribution >= 4 is 23.5 Å². The molecule has 5 heteroatoms. The first kappa shape index (κ1) is 15.2. The van der Waals surface area contributed by atoms with E-state index in [1.165, 1.54) is 10.5 Å². The number of aryl methyl sites for hydroxylation is 1. The predicted octanol–water partition coefficient (Wildman–Crippen LogP) is 3.32. The summed E-state index contributed by atoms with van der Waals surface area (Å²) in [6, 6.07) is 15.1. The molecule has 2 aliphatic rings. The molecule has 4 nitrogen and oxygen atoms in total. The number of nitrogens with zero attached hydrogens (tertiary/aromatic N) is 1. The Morgan fingerprint density at radius 2 is 1.75 bits per heavy atom. The standard InChI is InChI=1S/C19H17ClN2O2/c20-16-8-4-3-7-15(16)12-22-17(23)19(21-18(22)24)10-9-13-5-1-2-6-14(13)11-19/h1-8H,9-12H2,(H,21,24). The number of hydrogen-bond donors (Lipinski definition) is 1. The highest BCUT2D eigenvalue weighted by molar-refractivity contribution is 6.31. The van der Waals surface area contributed by atoms with Crippen LogP contribution in [0, 0.1) is 0 Å². The van der Waals surface area contributed by atoms with Crippen LogP contribution in [-0.2, 0) is 24.2 Å². The van der Waals surface area contributed by atoms with Gasteiger partial charge >= 0.3 is 6.03 Å². The van der Waals surface area contributed by atoms with Gasteiger partial charge in [0, 0.05) is 11.4 Å². The lowest BCUT2D eigenvalue weighted by Gasteiger charge is -2.32. The van der Waals surface area contributed by atoms with Gasteiger partial charge in [0.05, 0.1) is 6.54 Å². The zero-order valence-electron chi connectivity index (χ0n) is 13.1. The molecule has 1 fully saturated rings. The van der Waals surface area contributed by atoms with Crippen LogP contribution in [0.3, 0.4) is 0 Å². The van der Waals surface area contributed by atoms with Crippen LogP contribution >= 0.6 is 11.6 Å². The van der Waals surface area contributed by atoms with Crippen LogP contribution in [0.5, 0.6) is 0 Å². The molecular formula is C19H17ClN2O2. The second-order valence-electron chi connectivity index (χ2n) is 6.44. The molecule has 0 aromatic heterocycles. The zero-order chi connectivity index (χ0) is 16.7. The maximum absolute atomic E-state index is 13.0. The van der Waals surface area contributed by atoms with Gasteiger partial charge in [0.1, 0.15) is 5.54 Å². The molecular weight excluding hydrogens is 324 g/mol. The molecule has 1 unspecified atom stereocenters. The van der Waals surface area contributed by atoms with Crippen LogP contribution in [0.4, 0.5) is 4.79 Å². The van der Waals surface area contributed by atoms with Gasteiger partial charge in [-0.25, -0.2) is 4.79 Å². The normalized spacial score (nSPS) is 22.6. The smallest absolute Gasteiger partial charge is 0.323 e. The van der Waals surface area contributed by atoms with E-state index in [1.807, 2.05) is 36.4 Å². The van der Waals surface area contributed by atoms with Crippen LogP contribution < -0.4 is 5.32 Å². The highest BCUT2D eigenvalue weighted by Crippen LogP contribution is 2.34. The maximum atomic E-state index is 13.0. The van der Waals surface area contributed by atoms with E-state index in [9.17, 15) is 9.59 Å². The summed E-state index contributed by atoms with van der Waals surface area (Å²) >= 11 is 6.17. The lowest BCUT2D eigenvalue weighted by molar-refractivity contribution is -0.132. The number of hydrogen-bond acceptors (Lipinski definition) is 2. The first-order chi connectivity index (χ1) is 11.6. The maximum Gasteiger partial charge on any atom is 0.325 e. The van der Waals surface area contributed by atoms with Crippen molar-refractivity contribution < 1.29 is 9.59 Å². The average molecular weight is 341 g/mol. The summed E-state index contributed by atoms with van der Waals surface area (Å²) in [5.41, 5.74) is 2.36. The summed E-state index contributed by atoms with van der Waals surface area (Å²) in [6.07, 6.45) is 1.97. The number of benzene rings is 2. The number of imide groups is 1. The van der Waals surface area contributed by atoms with Gasteiger partial charge in [0.25, 0.3) is 5.91 Å². The largest absolute Gasteiger partial charge is 0.325 e. The van der Waals surface area contributed by atoms with Gasteiger partial charge in [-0.15, -0.1) is 0 Å². The van der Waals surface area contributed by atoms with Gasteiger partial charge in [-0.2, -0.15) is 0 Å². The van der Waals surface area contributed by atoms with E-state index in [0.29, 0.717) is 17.9 Å². The third-order valence-corrected chi connectivity index (χ3v) is 5.33. The number of urea groups is 1. The van der Waals surface area contributed by atoms with E-state index in [0.717, 1.165) is 17.5 Å². The van der Waals surface area contributed by atoms with Crippen molar-refractivity contribution in [1.82, 2.24) is 10.2 Å². The molecule has 1 saturated heterocycles. The quantitative estimate of drug-likeness (QED) is 0.853. The molecule has 1 aliphatic carbocycles. The monoisotopic (exact) mass is 340 g/mol. The molecule has 1 spiro atoms. The Kier molecular flexibility index (Phi) is 3.57.